The first-order valence-electron chi connectivity index (χ1n) is 8.83. The predicted molar refractivity (Wildman–Crippen MR) is 108 cm³/mol. The normalized spacial score (nSPS) is 9.93. The van der Waals surface area contributed by atoms with Gasteiger partial charge in [-0.3, -0.25) is 4.79 Å². The summed E-state index contributed by atoms with van der Waals surface area (Å²) in [7, 11) is 1.61. The Morgan fingerprint density at radius 3 is 2.48 bits per heavy atom. The van der Waals surface area contributed by atoms with E-state index >= 15 is 0 Å². The van der Waals surface area contributed by atoms with E-state index < -0.39 is 0 Å². The Bertz CT molecular complexity index is 998. The molecule has 0 spiro atoms. The molecule has 29 heavy (non-hydrogen) atoms. The molecule has 2 N–H and O–H groups in total. The van der Waals surface area contributed by atoms with Crippen LogP contribution in [0.3, 0.4) is 0 Å². The van der Waals surface area contributed by atoms with Gasteiger partial charge in [0.2, 0.25) is 5.95 Å². The van der Waals surface area contributed by atoms with E-state index in [4.69, 9.17) is 14.7 Å². The summed E-state index contributed by atoms with van der Waals surface area (Å²) in [6.07, 6.45) is 1.51. The van der Waals surface area contributed by atoms with Gasteiger partial charge in [0.05, 0.1) is 25.3 Å². The van der Waals surface area contributed by atoms with Crippen LogP contribution in [0.1, 0.15) is 16.1 Å². The number of anilines is 2. The number of aromatic nitrogens is 2. The van der Waals surface area contributed by atoms with Crippen molar-refractivity contribution in [2.45, 2.75) is 0 Å². The molecule has 0 aliphatic heterocycles. The van der Waals surface area contributed by atoms with Crippen molar-refractivity contribution >= 4 is 17.5 Å². The topological polar surface area (TPSA) is 109 Å². The zero-order valence-electron chi connectivity index (χ0n) is 15.8. The first kappa shape index (κ1) is 19.6. The summed E-state index contributed by atoms with van der Waals surface area (Å²) in [5, 5.41) is 14.6. The predicted octanol–water partition coefficient (Wildman–Crippen LogP) is 3.10. The molecular weight excluding hydrogens is 370 g/mol. The van der Waals surface area contributed by atoms with Gasteiger partial charge in [0, 0.05) is 11.9 Å². The molecule has 0 unspecified atom stereocenters. The van der Waals surface area contributed by atoms with Gasteiger partial charge in [-0.05, 0) is 54.6 Å². The quantitative estimate of drug-likeness (QED) is 0.570. The molecule has 1 aromatic heterocycles. The number of carbonyl (C=O) groups is 1. The van der Waals surface area contributed by atoms with Crippen molar-refractivity contribution in [3.63, 3.8) is 0 Å². The number of benzene rings is 2. The van der Waals surface area contributed by atoms with Crippen LogP contribution in [-0.4, -0.2) is 36.1 Å². The Morgan fingerprint density at radius 1 is 1.07 bits per heavy atom. The largest absolute Gasteiger partial charge is 0.497 e. The summed E-state index contributed by atoms with van der Waals surface area (Å²) >= 11 is 0. The molecule has 8 nitrogen and oxygen atoms in total. The monoisotopic (exact) mass is 389 g/mol. The second kappa shape index (κ2) is 9.71. The molecule has 2 aromatic carbocycles. The number of nitrogens with zero attached hydrogens (tertiary/aromatic N) is 3. The minimum atomic E-state index is -0.366. The molecule has 1 amide bonds. The highest BCUT2D eigenvalue weighted by atomic mass is 16.5. The molecule has 1 heterocycles. The van der Waals surface area contributed by atoms with Gasteiger partial charge < -0.3 is 20.1 Å². The number of rotatable bonds is 8. The lowest BCUT2D eigenvalue weighted by Crippen LogP contribution is -2.17. The molecule has 0 saturated carbocycles. The third-order valence-corrected chi connectivity index (χ3v) is 3.87. The second-order valence-electron chi connectivity index (χ2n) is 5.86. The van der Waals surface area contributed by atoms with Gasteiger partial charge >= 0.3 is 0 Å². The molecule has 0 atom stereocenters. The molecule has 0 radical (unpaired) electrons. The highest BCUT2D eigenvalue weighted by molar-refractivity contribution is 6.02. The fraction of sp³-hybridized carbons (Fsp3) is 0.143. The summed E-state index contributed by atoms with van der Waals surface area (Å²) in [5.41, 5.74) is 1.33. The smallest absolute Gasteiger partial charge is 0.274 e. The first-order chi connectivity index (χ1) is 14.2. The van der Waals surface area contributed by atoms with E-state index in [9.17, 15) is 4.79 Å². The lowest BCUT2D eigenvalue weighted by molar-refractivity contribution is 0.102. The van der Waals surface area contributed by atoms with Crippen LogP contribution >= 0.6 is 0 Å². The summed E-state index contributed by atoms with van der Waals surface area (Å²) in [6, 6.07) is 17.4. The number of carbonyl (C=O) groups excluding carboxylic acids is 1. The van der Waals surface area contributed by atoms with Gasteiger partial charge in [0.15, 0.2) is 0 Å². The number of methoxy groups -OCH3 is 1. The maximum absolute atomic E-state index is 12.4. The van der Waals surface area contributed by atoms with E-state index in [1.807, 2.05) is 30.3 Å². The minimum Gasteiger partial charge on any atom is -0.497 e. The van der Waals surface area contributed by atoms with E-state index in [1.54, 1.807) is 31.4 Å². The standard InChI is InChI=1S/C21H19N5O3/c1-28-17-6-8-18(9-7-17)29-13-12-24-21-23-11-10-19(26-21)20(27)25-16-4-2-15(14-22)3-5-16/h2-11H,12-13H2,1H3,(H,25,27)(H,23,24,26). The van der Waals surface area contributed by atoms with E-state index in [0.29, 0.717) is 30.4 Å². The number of hydrogen-bond donors (Lipinski definition) is 2. The minimum absolute atomic E-state index is 0.225. The Labute approximate surface area is 168 Å². The molecule has 8 heteroatoms. The van der Waals surface area contributed by atoms with E-state index in [0.717, 1.165) is 11.5 Å². The Kier molecular flexibility index (Phi) is 6.58. The summed E-state index contributed by atoms with van der Waals surface area (Å²) in [4.78, 5) is 20.7. The zero-order chi connectivity index (χ0) is 20.5. The van der Waals surface area contributed by atoms with Gasteiger partial charge in [-0.1, -0.05) is 0 Å². The Hall–Kier alpha value is -4.12. The number of hydrogen-bond acceptors (Lipinski definition) is 7. The van der Waals surface area contributed by atoms with Gasteiger partial charge in [-0.15, -0.1) is 0 Å². The van der Waals surface area contributed by atoms with Crippen molar-refractivity contribution < 1.29 is 14.3 Å². The fourth-order valence-electron chi connectivity index (χ4n) is 2.40. The first-order valence-corrected chi connectivity index (χ1v) is 8.83. The highest BCUT2D eigenvalue weighted by Crippen LogP contribution is 2.16. The van der Waals surface area contributed by atoms with Crippen LogP contribution in [-0.2, 0) is 0 Å². The second-order valence-corrected chi connectivity index (χ2v) is 5.86. The molecule has 0 saturated heterocycles. The lowest BCUT2D eigenvalue weighted by atomic mass is 10.2. The average molecular weight is 389 g/mol. The summed E-state index contributed by atoms with van der Waals surface area (Å²) in [5.74, 6) is 1.45. The summed E-state index contributed by atoms with van der Waals surface area (Å²) in [6.45, 7) is 0.865. The Balaban J connectivity index is 1.50. The summed E-state index contributed by atoms with van der Waals surface area (Å²) < 4.78 is 10.7. The SMILES string of the molecule is COc1ccc(OCCNc2nccc(C(=O)Nc3ccc(C#N)cc3)n2)cc1. The van der Waals surface area contributed by atoms with Crippen molar-refractivity contribution in [2.24, 2.45) is 0 Å². The van der Waals surface area contributed by atoms with Gasteiger partial charge in [0.1, 0.15) is 23.8 Å². The van der Waals surface area contributed by atoms with Gasteiger partial charge in [0.25, 0.3) is 5.91 Å². The number of nitrogens with one attached hydrogen (secondary N) is 2. The molecule has 0 bridgehead atoms. The van der Waals surface area contributed by atoms with E-state index in [1.165, 1.54) is 12.3 Å². The number of nitriles is 1. The highest BCUT2D eigenvalue weighted by Gasteiger charge is 2.09. The third kappa shape index (κ3) is 5.68. The van der Waals surface area contributed by atoms with Crippen molar-refractivity contribution in [3.8, 4) is 17.6 Å². The van der Waals surface area contributed by atoms with Crippen LogP contribution in [0.5, 0.6) is 11.5 Å². The van der Waals surface area contributed by atoms with Crippen LogP contribution < -0.4 is 20.1 Å². The fourth-order valence-corrected chi connectivity index (χ4v) is 2.40. The van der Waals surface area contributed by atoms with Crippen molar-refractivity contribution in [3.05, 3.63) is 72.1 Å². The number of amides is 1. The van der Waals surface area contributed by atoms with Crippen molar-refractivity contribution in [1.29, 1.82) is 5.26 Å². The molecule has 3 aromatic rings. The molecule has 0 aliphatic carbocycles. The maximum Gasteiger partial charge on any atom is 0.274 e. The third-order valence-electron chi connectivity index (χ3n) is 3.87. The molecule has 146 valence electrons. The average Bonchev–Trinajstić information content (AvgIpc) is 2.78. The van der Waals surface area contributed by atoms with Crippen LogP contribution in [0.25, 0.3) is 0 Å². The van der Waals surface area contributed by atoms with Crippen molar-refractivity contribution in [1.82, 2.24) is 9.97 Å². The molecule has 0 aliphatic rings. The van der Waals surface area contributed by atoms with Gasteiger partial charge in [-0.25, -0.2) is 9.97 Å². The molecule has 0 fully saturated rings. The lowest BCUT2D eigenvalue weighted by Gasteiger charge is -2.09. The van der Waals surface area contributed by atoms with Crippen LogP contribution in [0.4, 0.5) is 11.6 Å². The van der Waals surface area contributed by atoms with E-state index in [2.05, 4.69) is 20.6 Å². The van der Waals surface area contributed by atoms with Crippen LogP contribution in [0.15, 0.2) is 60.8 Å². The molecule has 3 rings (SSSR count). The van der Waals surface area contributed by atoms with Crippen LogP contribution in [0, 0.1) is 11.3 Å². The van der Waals surface area contributed by atoms with Crippen molar-refractivity contribution in [2.75, 3.05) is 30.9 Å². The molecular formula is C21H19N5O3. The zero-order valence-corrected chi connectivity index (χ0v) is 15.8. The Morgan fingerprint density at radius 2 is 1.79 bits per heavy atom. The maximum atomic E-state index is 12.4. The van der Waals surface area contributed by atoms with Gasteiger partial charge in [-0.2, -0.15) is 5.26 Å². The van der Waals surface area contributed by atoms with E-state index in [-0.39, 0.29) is 11.6 Å². The van der Waals surface area contributed by atoms with Crippen LogP contribution in [0.2, 0.25) is 0 Å². The number of ether oxygens (including phenoxy) is 2.